The van der Waals surface area contributed by atoms with Gasteiger partial charge in [0.15, 0.2) is 0 Å². The molecule has 0 saturated carbocycles. The molecule has 1 aliphatic heterocycles. The van der Waals surface area contributed by atoms with E-state index in [4.69, 9.17) is 9.31 Å². The summed E-state index contributed by atoms with van der Waals surface area (Å²) >= 11 is 0. The summed E-state index contributed by atoms with van der Waals surface area (Å²) in [5.74, 6) is 0. The normalized spacial score (nSPS) is 18.8. The summed E-state index contributed by atoms with van der Waals surface area (Å²) in [5, 5.41) is 2.19. The molecule has 4 nitrogen and oxygen atoms in total. The van der Waals surface area contributed by atoms with Crippen LogP contribution in [0.2, 0.25) is 0 Å². The van der Waals surface area contributed by atoms with Crippen LogP contribution >= 0.6 is 0 Å². The van der Waals surface area contributed by atoms with Crippen LogP contribution in [0.15, 0.2) is 0 Å². The van der Waals surface area contributed by atoms with Crippen molar-refractivity contribution in [1.29, 1.82) is 0 Å². The maximum Gasteiger partial charge on any atom is 0.593 e. The van der Waals surface area contributed by atoms with Crippen molar-refractivity contribution in [3.63, 3.8) is 0 Å². The molecule has 0 atom stereocenters. The van der Waals surface area contributed by atoms with E-state index < -0.39 is 7.25 Å². The average Bonchev–Trinajstić information content (AvgIpc) is 2.19. The van der Waals surface area contributed by atoms with Gasteiger partial charge < -0.3 is 14.5 Å². The molecule has 1 rings (SSSR count). The largest absolute Gasteiger partial charge is 0.593 e. The Morgan fingerprint density at radius 1 is 1.50 bits per heavy atom. The SMILES string of the molecule is O=[C]NB1OCCO1. The molecule has 1 fully saturated rings. The third-order valence-corrected chi connectivity index (χ3v) is 0.799. The number of amides is 1. The van der Waals surface area contributed by atoms with Crippen LogP contribution < -0.4 is 5.23 Å². The number of rotatable bonds is 2. The maximum absolute atomic E-state index is 9.56. The van der Waals surface area contributed by atoms with E-state index in [2.05, 4.69) is 5.23 Å². The van der Waals surface area contributed by atoms with Gasteiger partial charge in [0.1, 0.15) is 0 Å². The van der Waals surface area contributed by atoms with Crippen molar-refractivity contribution < 1.29 is 14.1 Å². The molecule has 0 aromatic heterocycles. The molecule has 1 radical (unpaired) electrons. The van der Waals surface area contributed by atoms with Crippen molar-refractivity contribution in [3.05, 3.63) is 0 Å². The highest BCUT2D eigenvalue weighted by molar-refractivity contribution is 6.44. The second-order valence-electron chi connectivity index (χ2n) is 1.32. The lowest BCUT2D eigenvalue weighted by molar-refractivity contribution is 0.365. The zero-order valence-electron chi connectivity index (χ0n) is 4.22. The third kappa shape index (κ3) is 1.21. The third-order valence-electron chi connectivity index (χ3n) is 0.799. The Hall–Kier alpha value is -0.545. The van der Waals surface area contributed by atoms with Crippen molar-refractivity contribution in [3.8, 4) is 0 Å². The van der Waals surface area contributed by atoms with E-state index >= 15 is 0 Å². The van der Waals surface area contributed by atoms with Crippen LogP contribution in [0.4, 0.5) is 0 Å². The number of nitrogens with one attached hydrogen (secondary N) is 1. The molecule has 1 saturated heterocycles. The molecule has 43 valence electrons. The standard InChI is InChI=1S/C3H5BNO3/c6-3-5-4-7-1-2-8-4/h1-2H2,(H,5,6). The van der Waals surface area contributed by atoms with Gasteiger partial charge in [0.05, 0.1) is 13.2 Å². The first-order chi connectivity index (χ1) is 3.93. The van der Waals surface area contributed by atoms with E-state index in [1.165, 1.54) is 6.41 Å². The van der Waals surface area contributed by atoms with Gasteiger partial charge in [-0.05, 0) is 0 Å². The molecule has 1 N–H and O–H groups in total. The van der Waals surface area contributed by atoms with E-state index in [9.17, 15) is 4.79 Å². The summed E-state index contributed by atoms with van der Waals surface area (Å²) in [4.78, 5) is 9.56. The molecule has 1 aliphatic rings. The number of hydrogen-bond donors (Lipinski definition) is 1. The molecular weight excluding hydrogens is 109 g/mol. The fraction of sp³-hybridized carbons (Fsp3) is 0.667. The Morgan fingerprint density at radius 2 is 2.12 bits per heavy atom. The Balaban J connectivity index is 2.14. The number of hydrogen-bond acceptors (Lipinski definition) is 3. The van der Waals surface area contributed by atoms with Crippen LogP contribution in [0.1, 0.15) is 0 Å². The van der Waals surface area contributed by atoms with Gasteiger partial charge >= 0.3 is 7.25 Å². The lowest BCUT2D eigenvalue weighted by Gasteiger charge is -1.95. The molecule has 0 aromatic rings. The summed E-state index contributed by atoms with van der Waals surface area (Å²) in [7, 11) is -0.563. The summed E-state index contributed by atoms with van der Waals surface area (Å²) < 4.78 is 9.59. The van der Waals surface area contributed by atoms with E-state index in [0.717, 1.165) is 0 Å². The van der Waals surface area contributed by atoms with Crippen LogP contribution in [-0.2, 0) is 14.1 Å². The van der Waals surface area contributed by atoms with Gasteiger partial charge in [-0.2, -0.15) is 0 Å². The molecule has 8 heavy (non-hydrogen) atoms. The highest BCUT2D eigenvalue weighted by Crippen LogP contribution is 1.92. The predicted molar refractivity (Wildman–Crippen MR) is 26.5 cm³/mol. The highest BCUT2D eigenvalue weighted by Gasteiger charge is 2.23. The van der Waals surface area contributed by atoms with Gasteiger partial charge in [-0.1, -0.05) is 0 Å². The van der Waals surface area contributed by atoms with Crippen LogP contribution in [0.5, 0.6) is 0 Å². The van der Waals surface area contributed by atoms with Crippen LogP contribution in [-0.4, -0.2) is 26.9 Å². The molecule has 1 amide bonds. The second-order valence-corrected chi connectivity index (χ2v) is 1.32. The van der Waals surface area contributed by atoms with Gasteiger partial charge in [0.25, 0.3) is 6.41 Å². The van der Waals surface area contributed by atoms with Crippen molar-refractivity contribution in [2.24, 2.45) is 0 Å². The molecule has 0 aromatic carbocycles. The van der Waals surface area contributed by atoms with Gasteiger partial charge in [0.2, 0.25) is 0 Å². The zero-order chi connectivity index (χ0) is 5.82. The minimum Gasteiger partial charge on any atom is -0.390 e. The first kappa shape index (κ1) is 5.59. The fourth-order valence-electron chi connectivity index (χ4n) is 0.490. The van der Waals surface area contributed by atoms with Gasteiger partial charge in [-0.15, -0.1) is 0 Å². The van der Waals surface area contributed by atoms with E-state index in [-0.39, 0.29) is 0 Å². The number of carbonyl (C=O) groups excluding carboxylic acids is 1. The quantitative estimate of drug-likeness (QED) is 0.357. The Labute approximate surface area is 47.3 Å². The van der Waals surface area contributed by atoms with Gasteiger partial charge in [0, 0.05) is 0 Å². The molecule has 5 heteroatoms. The summed E-state index contributed by atoms with van der Waals surface area (Å²) in [6.07, 6.45) is 1.46. The Bertz CT molecular complexity index is 82.6. The lowest BCUT2D eigenvalue weighted by Crippen LogP contribution is -2.33. The lowest BCUT2D eigenvalue weighted by atomic mass is 10.1. The van der Waals surface area contributed by atoms with Crippen LogP contribution in [0.25, 0.3) is 0 Å². The zero-order valence-corrected chi connectivity index (χ0v) is 4.22. The Kier molecular flexibility index (Phi) is 1.88. The minimum atomic E-state index is -0.563. The average molecular weight is 114 g/mol. The predicted octanol–water partition coefficient (Wildman–Crippen LogP) is -1.33. The summed E-state index contributed by atoms with van der Waals surface area (Å²) in [6, 6.07) is 0. The fourth-order valence-corrected chi connectivity index (χ4v) is 0.490. The summed E-state index contributed by atoms with van der Waals surface area (Å²) in [5.41, 5.74) is 0. The smallest absolute Gasteiger partial charge is 0.390 e. The summed E-state index contributed by atoms with van der Waals surface area (Å²) in [6.45, 7) is 1.08. The second kappa shape index (κ2) is 2.69. The van der Waals surface area contributed by atoms with Crippen molar-refractivity contribution in [2.75, 3.05) is 13.2 Å². The maximum atomic E-state index is 9.56. The van der Waals surface area contributed by atoms with E-state index in [1.54, 1.807) is 0 Å². The minimum absolute atomic E-state index is 0.541. The van der Waals surface area contributed by atoms with Gasteiger partial charge in [-0.3, -0.25) is 4.79 Å². The molecule has 0 unspecified atom stereocenters. The van der Waals surface area contributed by atoms with E-state index in [1.807, 2.05) is 0 Å². The van der Waals surface area contributed by atoms with Crippen molar-refractivity contribution in [2.45, 2.75) is 0 Å². The first-order valence-electron chi connectivity index (χ1n) is 2.29. The topological polar surface area (TPSA) is 47.6 Å². The molecule has 1 heterocycles. The monoisotopic (exact) mass is 114 g/mol. The Morgan fingerprint density at radius 3 is 2.62 bits per heavy atom. The molecule has 0 aliphatic carbocycles. The van der Waals surface area contributed by atoms with Crippen molar-refractivity contribution in [1.82, 2.24) is 5.23 Å². The van der Waals surface area contributed by atoms with Crippen LogP contribution in [0.3, 0.4) is 0 Å². The van der Waals surface area contributed by atoms with Gasteiger partial charge in [-0.25, -0.2) is 0 Å². The molecule has 0 bridgehead atoms. The first-order valence-corrected chi connectivity index (χ1v) is 2.29. The molecule has 0 spiro atoms. The van der Waals surface area contributed by atoms with Crippen LogP contribution in [0, 0.1) is 0 Å². The highest BCUT2D eigenvalue weighted by atomic mass is 16.6. The van der Waals surface area contributed by atoms with E-state index in [0.29, 0.717) is 13.2 Å². The molecular formula is C3H5BNO3. The van der Waals surface area contributed by atoms with Crippen molar-refractivity contribution >= 4 is 13.7 Å².